The molecule has 1 saturated carbocycles. The summed E-state index contributed by atoms with van der Waals surface area (Å²) in [5, 5.41) is 10.3. The molecule has 1 aromatic rings. The van der Waals surface area contributed by atoms with Crippen molar-refractivity contribution in [2.45, 2.75) is 50.5 Å². The highest BCUT2D eigenvalue weighted by atomic mass is 19.1. The lowest BCUT2D eigenvalue weighted by Crippen LogP contribution is -2.27. The number of aliphatic hydroxyl groups is 1. The lowest BCUT2D eigenvalue weighted by Gasteiger charge is -2.23. The summed E-state index contributed by atoms with van der Waals surface area (Å²) in [6, 6.07) is 6.62. The maximum absolute atomic E-state index is 13.8. The van der Waals surface area contributed by atoms with E-state index >= 15 is 0 Å². The van der Waals surface area contributed by atoms with E-state index in [4.69, 9.17) is 5.73 Å². The molecule has 0 bridgehead atoms. The van der Waals surface area contributed by atoms with Gasteiger partial charge in [-0.3, -0.25) is 0 Å². The van der Waals surface area contributed by atoms with Gasteiger partial charge in [0.1, 0.15) is 5.82 Å². The molecule has 0 radical (unpaired) electrons. The molecule has 1 aromatic carbocycles. The molecule has 2 atom stereocenters. The first-order chi connectivity index (χ1) is 9.22. The molecule has 0 aromatic heterocycles. The van der Waals surface area contributed by atoms with Crippen LogP contribution in [0.2, 0.25) is 0 Å². The molecule has 2 unspecified atom stereocenters. The van der Waals surface area contributed by atoms with Crippen LogP contribution in [-0.2, 0) is 0 Å². The largest absolute Gasteiger partial charge is 0.392 e. The third kappa shape index (κ3) is 3.77. The van der Waals surface area contributed by atoms with E-state index in [9.17, 15) is 9.50 Å². The molecule has 1 aliphatic carbocycles. The predicted molar refractivity (Wildman–Crippen MR) is 75.4 cm³/mol. The molecule has 106 valence electrons. The zero-order valence-corrected chi connectivity index (χ0v) is 11.4. The highest BCUT2D eigenvalue weighted by Gasteiger charge is 2.24. The van der Waals surface area contributed by atoms with Crippen molar-refractivity contribution in [1.29, 1.82) is 0 Å². The minimum atomic E-state index is -0.539. The second-order valence-corrected chi connectivity index (χ2v) is 5.66. The summed E-state index contributed by atoms with van der Waals surface area (Å²) in [5.74, 6) is 0.189. The van der Waals surface area contributed by atoms with Gasteiger partial charge in [-0.25, -0.2) is 4.39 Å². The number of hydrogen-bond donors (Lipinski definition) is 2. The van der Waals surface area contributed by atoms with Crippen molar-refractivity contribution in [2.24, 2.45) is 11.7 Å². The highest BCUT2D eigenvalue weighted by molar-refractivity contribution is 5.23. The van der Waals surface area contributed by atoms with Crippen LogP contribution in [0.4, 0.5) is 4.39 Å². The third-order valence-electron chi connectivity index (χ3n) is 4.37. The van der Waals surface area contributed by atoms with Crippen LogP contribution < -0.4 is 5.73 Å². The third-order valence-corrected chi connectivity index (χ3v) is 4.37. The maximum atomic E-state index is 13.8. The van der Waals surface area contributed by atoms with E-state index in [1.807, 2.05) is 0 Å². The van der Waals surface area contributed by atoms with Crippen LogP contribution in [0.1, 0.15) is 50.0 Å². The van der Waals surface area contributed by atoms with Gasteiger partial charge in [-0.15, -0.1) is 0 Å². The average molecular weight is 265 g/mol. The Hall–Kier alpha value is -0.930. The Morgan fingerprint density at radius 1 is 1.26 bits per heavy atom. The summed E-state index contributed by atoms with van der Waals surface area (Å²) in [7, 11) is 0. The van der Waals surface area contributed by atoms with Crippen molar-refractivity contribution in [1.82, 2.24) is 0 Å². The lowest BCUT2D eigenvalue weighted by molar-refractivity contribution is 0.125. The minimum Gasteiger partial charge on any atom is -0.392 e. The molecule has 3 N–H and O–H groups in total. The summed E-state index contributed by atoms with van der Waals surface area (Å²) in [6.45, 7) is 0.284. The monoisotopic (exact) mass is 265 g/mol. The first-order valence-electron chi connectivity index (χ1n) is 7.35. The molecule has 0 spiro atoms. The molecule has 0 aliphatic heterocycles. The van der Waals surface area contributed by atoms with E-state index in [0.29, 0.717) is 5.56 Å². The highest BCUT2D eigenvalue weighted by Crippen LogP contribution is 2.31. The zero-order chi connectivity index (χ0) is 13.7. The Kier molecular flexibility index (Phi) is 5.34. The molecule has 1 aliphatic rings. The topological polar surface area (TPSA) is 46.2 Å². The second-order valence-electron chi connectivity index (χ2n) is 5.66. The van der Waals surface area contributed by atoms with Gasteiger partial charge >= 0.3 is 0 Å². The van der Waals surface area contributed by atoms with E-state index in [1.165, 1.54) is 31.7 Å². The van der Waals surface area contributed by atoms with Gasteiger partial charge in [-0.1, -0.05) is 43.9 Å². The zero-order valence-electron chi connectivity index (χ0n) is 11.4. The molecule has 3 heteroatoms. The van der Waals surface area contributed by atoms with Crippen molar-refractivity contribution in [3.63, 3.8) is 0 Å². The van der Waals surface area contributed by atoms with Gasteiger partial charge < -0.3 is 10.8 Å². The Balaban J connectivity index is 1.94. The Bertz CT molecular complexity index is 390. The number of rotatable bonds is 6. The van der Waals surface area contributed by atoms with Gasteiger partial charge in [-0.05, 0) is 30.4 Å². The first-order valence-corrected chi connectivity index (χ1v) is 7.35. The van der Waals surface area contributed by atoms with Crippen molar-refractivity contribution in [2.75, 3.05) is 6.54 Å². The molecule has 2 rings (SSSR count). The Morgan fingerprint density at radius 3 is 2.58 bits per heavy atom. The number of hydrogen-bond acceptors (Lipinski definition) is 2. The van der Waals surface area contributed by atoms with Crippen LogP contribution in [0.15, 0.2) is 24.3 Å². The SMILES string of the molecule is NCC(c1ccccc1F)C(O)CCC1CCCC1. The fraction of sp³-hybridized carbons (Fsp3) is 0.625. The van der Waals surface area contributed by atoms with E-state index in [2.05, 4.69) is 0 Å². The minimum absolute atomic E-state index is 0.266. The molecule has 0 amide bonds. The molecule has 2 nitrogen and oxygen atoms in total. The normalized spacial score (nSPS) is 19.5. The van der Waals surface area contributed by atoms with Gasteiger partial charge in [0.05, 0.1) is 6.10 Å². The van der Waals surface area contributed by atoms with Crippen LogP contribution in [-0.4, -0.2) is 17.8 Å². The number of halogens is 1. The van der Waals surface area contributed by atoms with E-state index in [1.54, 1.807) is 18.2 Å². The van der Waals surface area contributed by atoms with Crippen molar-refractivity contribution < 1.29 is 9.50 Å². The van der Waals surface area contributed by atoms with Crippen LogP contribution in [0.25, 0.3) is 0 Å². The van der Waals surface area contributed by atoms with Gasteiger partial charge in [0.15, 0.2) is 0 Å². The van der Waals surface area contributed by atoms with Crippen LogP contribution >= 0.6 is 0 Å². The summed E-state index contributed by atoms with van der Waals surface area (Å²) < 4.78 is 13.8. The lowest BCUT2D eigenvalue weighted by atomic mass is 9.88. The fourth-order valence-corrected chi connectivity index (χ4v) is 3.17. The summed E-state index contributed by atoms with van der Waals surface area (Å²) >= 11 is 0. The predicted octanol–water partition coefficient (Wildman–Crippen LogP) is 3.20. The van der Waals surface area contributed by atoms with E-state index < -0.39 is 6.10 Å². The van der Waals surface area contributed by atoms with Crippen LogP contribution in [0.3, 0.4) is 0 Å². The van der Waals surface area contributed by atoms with Crippen molar-refractivity contribution in [3.05, 3.63) is 35.6 Å². The molecule has 1 fully saturated rings. The van der Waals surface area contributed by atoms with E-state index in [0.717, 1.165) is 18.8 Å². The second kappa shape index (κ2) is 7.01. The first kappa shape index (κ1) is 14.5. The molecular weight excluding hydrogens is 241 g/mol. The van der Waals surface area contributed by atoms with Crippen LogP contribution in [0, 0.1) is 11.7 Å². The van der Waals surface area contributed by atoms with Gasteiger partial charge in [0, 0.05) is 12.5 Å². The fourth-order valence-electron chi connectivity index (χ4n) is 3.17. The molecule has 0 heterocycles. The van der Waals surface area contributed by atoms with Crippen LogP contribution in [0.5, 0.6) is 0 Å². The van der Waals surface area contributed by atoms with Gasteiger partial charge in [-0.2, -0.15) is 0 Å². The Labute approximate surface area is 114 Å². The standard InChI is InChI=1S/C16H24FNO/c17-15-8-4-3-7-13(15)14(11-18)16(19)10-9-12-5-1-2-6-12/h3-4,7-8,12,14,16,19H,1-2,5-6,9-11,18H2. The van der Waals surface area contributed by atoms with Crippen molar-refractivity contribution >= 4 is 0 Å². The Morgan fingerprint density at radius 2 is 1.95 bits per heavy atom. The quantitative estimate of drug-likeness (QED) is 0.829. The number of nitrogens with two attached hydrogens (primary N) is 1. The molecule has 19 heavy (non-hydrogen) atoms. The smallest absolute Gasteiger partial charge is 0.126 e. The van der Waals surface area contributed by atoms with Crippen molar-refractivity contribution in [3.8, 4) is 0 Å². The summed E-state index contributed by atoms with van der Waals surface area (Å²) in [6.07, 6.45) is 6.40. The van der Waals surface area contributed by atoms with E-state index in [-0.39, 0.29) is 18.3 Å². The maximum Gasteiger partial charge on any atom is 0.126 e. The summed E-state index contributed by atoms with van der Waals surface area (Å²) in [5.41, 5.74) is 6.28. The van der Waals surface area contributed by atoms with Gasteiger partial charge in [0.25, 0.3) is 0 Å². The molecular formula is C16H24FNO. The van der Waals surface area contributed by atoms with Gasteiger partial charge in [0.2, 0.25) is 0 Å². The number of benzene rings is 1. The number of aliphatic hydroxyl groups excluding tert-OH is 1. The summed E-state index contributed by atoms with van der Waals surface area (Å²) in [4.78, 5) is 0. The molecule has 0 saturated heterocycles. The average Bonchev–Trinajstić information content (AvgIpc) is 2.92.